The zero-order valence-electron chi connectivity index (χ0n) is 10.3. The molecule has 0 heterocycles. The Labute approximate surface area is 107 Å². The molecule has 0 amide bonds. The Hall–Kier alpha value is -1.00. The second kappa shape index (κ2) is 7.35. The van der Waals surface area contributed by atoms with E-state index in [2.05, 4.69) is 6.92 Å². The normalized spacial score (nSPS) is 12.2. The topological polar surface area (TPSA) is 52.3 Å². The van der Waals surface area contributed by atoms with E-state index in [1.807, 2.05) is 18.2 Å². The third kappa shape index (κ3) is 4.40. The van der Waals surface area contributed by atoms with Crippen molar-refractivity contribution in [3.8, 4) is 0 Å². The van der Waals surface area contributed by atoms with Crippen LogP contribution in [0.4, 0.5) is 0 Å². The fourth-order valence-electron chi connectivity index (χ4n) is 1.39. The van der Waals surface area contributed by atoms with E-state index in [1.54, 1.807) is 17.8 Å². The molecule has 0 radical (unpaired) electrons. The monoisotopic (exact) mass is 253 g/mol. The van der Waals surface area contributed by atoms with Crippen LogP contribution in [0.3, 0.4) is 0 Å². The van der Waals surface area contributed by atoms with Gasteiger partial charge < -0.3 is 10.5 Å². The summed E-state index contributed by atoms with van der Waals surface area (Å²) < 4.78 is 4.75. The van der Waals surface area contributed by atoms with Gasteiger partial charge in [0.1, 0.15) is 0 Å². The zero-order valence-corrected chi connectivity index (χ0v) is 11.1. The van der Waals surface area contributed by atoms with Crippen LogP contribution in [-0.2, 0) is 10.5 Å². The number of carbonyl (C=O) groups excluding carboxylic acids is 1. The highest BCUT2D eigenvalue weighted by Gasteiger charge is 2.10. The lowest BCUT2D eigenvalue weighted by Crippen LogP contribution is -2.21. The first-order valence-electron chi connectivity index (χ1n) is 5.68. The van der Waals surface area contributed by atoms with E-state index in [4.69, 9.17) is 10.5 Å². The number of esters is 1. The third-order valence-corrected chi connectivity index (χ3v) is 3.72. The molecule has 4 heteroatoms. The molecule has 0 bridgehead atoms. The third-order valence-electron chi connectivity index (χ3n) is 2.54. The minimum absolute atomic E-state index is 0.227. The van der Waals surface area contributed by atoms with Crippen LogP contribution in [0, 0.1) is 0 Å². The average Bonchev–Trinajstić information content (AvgIpc) is 2.38. The van der Waals surface area contributed by atoms with Gasteiger partial charge in [0, 0.05) is 17.5 Å². The maximum Gasteiger partial charge on any atom is 0.338 e. The van der Waals surface area contributed by atoms with Crippen molar-refractivity contribution in [3.63, 3.8) is 0 Å². The first-order valence-corrected chi connectivity index (χ1v) is 6.84. The van der Waals surface area contributed by atoms with Gasteiger partial charge in [-0.3, -0.25) is 0 Å². The lowest BCUT2D eigenvalue weighted by atomic mass is 10.1. The lowest BCUT2D eigenvalue weighted by Gasteiger charge is -2.10. The highest BCUT2D eigenvalue weighted by Crippen LogP contribution is 2.18. The van der Waals surface area contributed by atoms with Gasteiger partial charge in [-0.05, 0) is 18.1 Å². The molecule has 0 saturated carbocycles. The summed E-state index contributed by atoms with van der Waals surface area (Å²) in [5.41, 5.74) is 7.50. The molecule has 3 nitrogen and oxygen atoms in total. The van der Waals surface area contributed by atoms with E-state index in [1.165, 1.54) is 7.11 Å². The van der Waals surface area contributed by atoms with Crippen LogP contribution in [0.5, 0.6) is 0 Å². The molecule has 0 saturated heterocycles. The molecule has 2 N–H and O–H groups in total. The fraction of sp³-hybridized carbons (Fsp3) is 0.462. The van der Waals surface area contributed by atoms with Gasteiger partial charge in [0.2, 0.25) is 0 Å². The van der Waals surface area contributed by atoms with Crippen molar-refractivity contribution in [2.45, 2.75) is 25.1 Å². The number of ether oxygens (including phenoxy) is 1. The smallest absolute Gasteiger partial charge is 0.338 e. The van der Waals surface area contributed by atoms with Crippen molar-refractivity contribution in [1.82, 2.24) is 0 Å². The number of carbonyl (C=O) groups is 1. The summed E-state index contributed by atoms with van der Waals surface area (Å²) in [6.45, 7) is 2.08. The average molecular weight is 253 g/mol. The van der Waals surface area contributed by atoms with E-state index < -0.39 is 0 Å². The van der Waals surface area contributed by atoms with Crippen LogP contribution in [0.25, 0.3) is 0 Å². The largest absolute Gasteiger partial charge is 0.465 e. The first kappa shape index (κ1) is 14.1. The van der Waals surface area contributed by atoms with Crippen molar-refractivity contribution in [2.24, 2.45) is 5.73 Å². The molecule has 0 aliphatic rings. The number of rotatable bonds is 6. The zero-order chi connectivity index (χ0) is 12.7. The van der Waals surface area contributed by atoms with E-state index in [9.17, 15) is 4.79 Å². The summed E-state index contributed by atoms with van der Waals surface area (Å²) in [4.78, 5) is 11.5. The molecule has 1 unspecified atom stereocenters. The maximum absolute atomic E-state index is 11.5. The van der Waals surface area contributed by atoms with E-state index in [0.717, 1.165) is 23.5 Å². The predicted molar refractivity (Wildman–Crippen MR) is 72.2 cm³/mol. The fourth-order valence-corrected chi connectivity index (χ4v) is 2.52. The Morgan fingerprint density at radius 2 is 2.18 bits per heavy atom. The van der Waals surface area contributed by atoms with Gasteiger partial charge in [0.15, 0.2) is 0 Å². The van der Waals surface area contributed by atoms with E-state index in [-0.39, 0.29) is 12.0 Å². The minimum atomic E-state index is -0.277. The number of nitrogens with two attached hydrogens (primary N) is 1. The molecule has 1 atom stereocenters. The Morgan fingerprint density at radius 1 is 1.47 bits per heavy atom. The quantitative estimate of drug-likeness (QED) is 0.791. The molecule has 17 heavy (non-hydrogen) atoms. The van der Waals surface area contributed by atoms with E-state index >= 15 is 0 Å². The summed E-state index contributed by atoms with van der Waals surface area (Å²) in [6.07, 6.45) is 0.978. The summed E-state index contributed by atoms with van der Waals surface area (Å²) in [6, 6.07) is 7.75. The second-order valence-electron chi connectivity index (χ2n) is 3.83. The molecule has 1 aromatic rings. The van der Waals surface area contributed by atoms with Gasteiger partial charge in [-0.1, -0.05) is 25.1 Å². The second-order valence-corrected chi connectivity index (χ2v) is 4.86. The number of benzene rings is 1. The SMILES string of the molecule is CCC(N)CSCc1ccccc1C(=O)OC. The molecular formula is C13H19NO2S. The lowest BCUT2D eigenvalue weighted by molar-refractivity contribution is 0.0600. The van der Waals surface area contributed by atoms with Gasteiger partial charge in [0.25, 0.3) is 0 Å². The maximum atomic E-state index is 11.5. The van der Waals surface area contributed by atoms with Crippen molar-refractivity contribution >= 4 is 17.7 Å². The molecule has 0 fully saturated rings. The summed E-state index contributed by atoms with van der Waals surface area (Å²) in [5.74, 6) is 1.42. The summed E-state index contributed by atoms with van der Waals surface area (Å²) >= 11 is 1.75. The Balaban J connectivity index is 2.61. The van der Waals surface area contributed by atoms with Crippen molar-refractivity contribution in [3.05, 3.63) is 35.4 Å². The predicted octanol–water partition coefficient (Wildman–Crippen LogP) is 2.44. The van der Waals surface area contributed by atoms with Crippen molar-refractivity contribution in [2.75, 3.05) is 12.9 Å². The van der Waals surface area contributed by atoms with Gasteiger partial charge in [-0.25, -0.2) is 4.79 Å². The van der Waals surface area contributed by atoms with E-state index in [0.29, 0.717) is 5.56 Å². The molecule has 1 rings (SSSR count). The molecule has 0 aliphatic heterocycles. The molecular weight excluding hydrogens is 234 g/mol. The minimum Gasteiger partial charge on any atom is -0.465 e. The van der Waals surface area contributed by atoms with Gasteiger partial charge in [-0.15, -0.1) is 0 Å². The standard InChI is InChI=1S/C13H19NO2S/c1-3-11(14)9-17-8-10-6-4-5-7-12(10)13(15)16-2/h4-7,11H,3,8-9,14H2,1-2H3. The Kier molecular flexibility index (Phi) is 6.08. The number of methoxy groups -OCH3 is 1. The molecule has 0 aromatic heterocycles. The van der Waals surface area contributed by atoms with Crippen LogP contribution in [0.15, 0.2) is 24.3 Å². The molecule has 0 spiro atoms. The van der Waals surface area contributed by atoms with Crippen LogP contribution < -0.4 is 5.73 Å². The molecule has 1 aromatic carbocycles. The van der Waals surface area contributed by atoms with Crippen LogP contribution in [0.1, 0.15) is 29.3 Å². The number of thioether (sulfide) groups is 1. The van der Waals surface area contributed by atoms with Crippen molar-refractivity contribution < 1.29 is 9.53 Å². The molecule has 94 valence electrons. The highest BCUT2D eigenvalue weighted by molar-refractivity contribution is 7.98. The van der Waals surface area contributed by atoms with Crippen molar-refractivity contribution in [1.29, 1.82) is 0 Å². The Morgan fingerprint density at radius 3 is 2.82 bits per heavy atom. The summed E-state index contributed by atoms with van der Waals surface area (Å²) in [7, 11) is 1.40. The van der Waals surface area contributed by atoms with Gasteiger partial charge in [-0.2, -0.15) is 11.8 Å². The Bertz CT molecular complexity index is 368. The number of hydrogen-bond donors (Lipinski definition) is 1. The highest BCUT2D eigenvalue weighted by atomic mass is 32.2. The first-order chi connectivity index (χ1) is 8.19. The van der Waals surface area contributed by atoms with Gasteiger partial charge >= 0.3 is 5.97 Å². The van der Waals surface area contributed by atoms with Crippen LogP contribution in [0.2, 0.25) is 0 Å². The van der Waals surface area contributed by atoms with Crippen LogP contribution >= 0.6 is 11.8 Å². The van der Waals surface area contributed by atoms with Gasteiger partial charge in [0.05, 0.1) is 12.7 Å². The number of hydrogen-bond acceptors (Lipinski definition) is 4. The summed E-state index contributed by atoms with van der Waals surface area (Å²) in [5, 5.41) is 0. The van der Waals surface area contributed by atoms with Crippen LogP contribution in [-0.4, -0.2) is 24.9 Å². The molecule has 0 aliphatic carbocycles.